The number of rotatable bonds is 5. The molecule has 0 spiro atoms. The third-order valence-electron chi connectivity index (χ3n) is 5.16. The van der Waals surface area contributed by atoms with Crippen LogP contribution in [0, 0.1) is 0 Å². The summed E-state index contributed by atoms with van der Waals surface area (Å²) in [6, 6.07) is 18.8. The minimum Gasteiger partial charge on any atom is -0.342 e. The third-order valence-corrected chi connectivity index (χ3v) is 5.53. The molecule has 0 unspecified atom stereocenters. The van der Waals surface area contributed by atoms with E-state index in [-0.39, 0.29) is 5.56 Å². The number of para-hydroxylation sites is 2. The molecular formula is C24H19ClF3N3O. The van der Waals surface area contributed by atoms with E-state index >= 15 is 0 Å². The highest BCUT2D eigenvalue weighted by molar-refractivity contribution is 6.31. The Labute approximate surface area is 187 Å². The summed E-state index contributed by atoms with van der Waals surface area (Å²) in [5.74, 6) is -0.0357. The Bertz CT molecular complexity index is 1280. The van der Waals surface area contributed by atoms with Crippen molar-refractivity contribution < 1.29 is 18.0 Å². The van der Waals surface area contributed by atoms with Crippen LogP contribution in [-0.4, -0.2) is 15.5 Å². The number of carbonyl (C=O) groups is 1. The summed E-state index contributed by atoms with van der Waals surface area (Å²) in [6.45, 7) is 2.18. The van der Waals surface area contributed by atoms with E-state index in [0.29, 0.717) is 17.4 Å². The zero-order valence-electron chi connectivity index (χ0n) is 17.0. The molecule has 4 aromatic rings. The summed E-state index contributed by atoms with van der Waals surface area (Å²) in [5, 5.41) is 3.38. The minimum atomic E-state index is -4.52. The van der Waals surface area contributed by atoms with Gasteiger partial charge in [-0.2, -0.15) is 13.2 Å². The number of fused-ring (bicyclic) bond motifs is 1. The predicted molar refractivity (Wildman–Crippen MR) is 118 cm³/mol. The maximum Gasteiger partial charge on any atom is 0.416 e. The first kappa shape index (κ1) is 21.9. The van der Waals surface area contributed by atoms with Gasteiger partial charge < -0.3 is 9.88 Å². The van der Waals surface area contributed by atoms with E-state index in [1.807, 2.05) is 47.0 Å². The minimum absolute atomic E-state index is 0.0690. The van der Waals surface area contributed by atoms with Crippen LogP contribution < -0.4 is 5.32 Å². The van der Waals surface area contributed by atoms with Gasteiger partial charge >= 0.3 is 6.18 Å². The number of hydrogen-bond donors (Lipinski definition) is 1. The summed E-state index contributed by atoms with van der Waals surface area (Å²) in [4.78, 5) is 17.4. The van der Waals surface area contributed by atoms with Crippen molar-refractivity contribution in [3.05, 3.63) is 100 Å². The molecule has 0 aliphatic carbocycles. The van der Waals surface area contributed by atoms with Crippen LogP contribution in [0.1, 0.15) is 40.3 Å². The van der Waals surface area contributed by atoms with Gasteiger partial charge in [-0.05, 0) is 48.9 Å². The fourth-order valence-electron chi connectivity index (χ4n) is 3.57. The molecular weight excluding hydrogens is 439 g/mol. The van der Waals surface area contributed by atoms with Crippen LogP contribution in [0.25, 0.3) is 11.0 Å². The Kier molecular flexibility index (Phi) is 5.93. The molecule has 0 fully saturated rings. The van der Waals surface area contributed by atoms with Gasteiger partial charge in [0.1, 0.15) is 5.82 Å². The second kappa shape index (κ2) is 8.67. The maximum absolute atomic E-state index is 13.0. The fraction of sp³-hybridized carbons (Fsp3) is 0.167. The van der Waals surface area contributed by atoms with E-state index in [2.05, 4.69) is 10.3 Å². The molecule has 164 valence electrons. The molecule has 1 aromatic heterocycles. The molecule has 0 saturated carbocycles. The largest absolute Gasteiger partial charge is 0.416 e. The van der Waals surface area contributed by atoms with E-state index in [4.69, 9.17) is 11.6 Å². The van der Waals surface area contributed by atoms with E-state index < -0.39 is 23.7 Å². The fourth-order valence-corrected chi connectivity index (χ4v) is 3.76. The number of aromatic nitrogens is 2. The first-order valence-corrected chi connectivity index (χ1v) is 10.3. The standard InChI is InChI=1S/C24H19ClF3N3O/c1-15(29-23(32)16-8-6-9-18(13-16)24(26,27)28)22-30-20-11-4-5-12-21(20)31(22)14-17-7-2-3-10-19(17)25/h2-13,15H,14H2,1H3,(H,29,32)/t15-/m0/s1. The lowest BCUT2D eigenvalue weighted by Crippen LogP contribution is -2.29. The highest BCUT2D eigenvalue weighted by Gasteiger charge is 2.31. The third kappa shape index (κ3) is 4.48. The first-order valence-electron chi connectivity index (χ1n) is 9.91. The van der Waals surface area contributed by atoms with Crippen LogP contribution in [0.15, 0.2) is 72.8 Å². The molecule has 0 radical (unpaired) electrons. The van der Waals surface area contributed by atoms with Crippen LogP contribution >= 0.6 is 11.6 Å². The molecule has 1 N–H and O–H groups in total. The van der Waals surface area contributed by atoms with Crippen molar-refractivity contribution in [2.45, 2.75) is 25.7 Å². The molecule has 1 heterocycles. The van der Waals surface area contributed by atoms with Crippen molar-refractivity contribution in [3.63, 3.8) is 0 Å². The molecule has 0 bridgehead atoms. The van der Waals surface area contributed by atoms with Crippen LogP contribution in [0.3, 0.4) is 0 Å². The zero-order chi connectivity index (χ0) is 22.9. The normalized spacial score (nSPS) is 12.7. The molecule has 3 aromatic carbocycles. The van der Waals surface area contributed by atoms with Crippen LogP contribution in [0.5, 0.6) is 0 Å². The average molecular weight is 458 g/mol. The Hall–Kier alpha value is -3.32. The van der Waals surface area contributed by atoms with E-state index in [9.17, 15) is 18.0 Å². The lowest BCUT2D eigenvalue weighted by Gasteiger charge is -2.17. The van der Waals surface area contributed by atoms with Crippen molar-refractivity contribution in [3.8, 4) is 0 Å². The highest BCUT2D eigenvalue weighted by atomic mass is 35.5. The zero-order valence-corrected chi connectivity index (χ0v) is 17.8. The Morgan fingerprint density at radius 1 is 1.06 bits per heavy atom. The van der Waals surface area contributed by atoms with Crippen molar-refractivity contribution in [1.29, 1.82) is 0 Å². The predicted octanol–water partition coefficient (Wildman–Crippen LogP) is 6.25. The van der Waals surface area contributed by atoms with Crippen LogP contribution in [0.4, 0.5) is 13.2 Å². The summed E-state index contributed by atoms with van der Waals surface area (Å²) in [7, 11) is 0. The van der Waals surface area contributed by atoms with Gasteiger partial charge in [-0.3, -0.25) is 4.79 Å². The molecule has 4 rings (SSSR count). The maximum atomic E-state index is 13.0. The van der Waals surface area contributed by atoms with E-state index in [0.717, 1.165) is 28.7 Å². The Morgan fingerprint density at radius 3 is 2.53 bits per heavy atom. The number of benzene rings is 3. The van der Waals surface area contributed by atoms with Gasteiger partial charge in [0.2, 0.25) is 0 Å². The molecule has 1 atom stereocenters. The molecule has 0 aliphatic heterocycles. The number of hydrogen-bond acceptors (Lipinski definition) is 2. The number of halogens is 4. The lowest BCUT2D eigenvalue weighted by molar-refractivity contribution is -0.137. The van der Waals surface area contributed by atoms with Gasteiger partial charge in [-0.25, -0.2) is 4.98 Å². The highest BCUT2D eigenvalue weighted by Crippen LogP contribution is 2.30. The summed E-state index contributed by atoms with van der Waals surface area (Å²) >= 11 is 6.34. The topological polar surface area (TPSA) is 46.9 Å². The van der Waals surface area contributed by atoms with Gasteiger partial charge in [-0.15, -0.1) is 0 Å². The monoisotopic (exact) mass is 457 g/mol. The SMILES string of the molecule is C[C@H](NC(=O)c1cccc(C(F)(F)F)c1)c1nc2ccccc2n1Cc1ccccc1Cl. The summed E-state index contributed by atoms with van der Waals surface area (Å²) in [6.07, 6.45) is -4.52. The van der Waals surface area contributed by atoms with Crippen molar-refractivity contribution in [2.24, 2.45) is 0 Å². The van der Waals surface area contributed by atoms with Gasteiger partial charge in [0.05, 0.1) is 29.2 Å². The molecule has 1 amide bonds. The quantitative estimate of drug-likeness (QED) is 0.385. The van der Waals surface area contributed by atoms with Gasteiger partial charge in [0, 0.05) is 10.6 Å². The van der Waals surface area contributed by atoms with E-state index in [1.165, 1.54) is 12.1 Å². The lowest BCUT2D eigenvalue weighted by atomic mass is 10.1. The number of alkyl halides is 3. The second-order valence-electron chi connectivity index (χ2n) is 7.41. The molecule has 32 heavy (non-hydrogen) atoms. The number of imidazole rings is 1. The summed E-state index contributed by atoms with van der Waals surface area (Å²) < 4.78 is 41.0. The molecule has 0 saturated heterocycles. The molecule has 8 heteroatoms. The second-order valence-corrected chi connectivity index (χ2v) is 7.82. The van der Waals surface area contributed by atoms with Crippen LogP contribution in [0.2, 0.25) is 5.02 Å². The Morgan fingerprint density at radius 2 is 1.78 bits per heavy atom. The number of carbonyl (C=O) groups excluding carboxylic acids is 1. The molecule has 4 nitrogen and oxygen atoms in total. The van der Waals surface area contributed by atoms with Crippen molar-refractivity contribution in [2.75, 3.05) is 0 Å². The van der Waals surface area contributed by atoms with Gasteiger partial charge in [0.25, 0.3) is 5.91 Å². The van der Waals surface area contributed by atoms with E-state index in [1.54, 1.807) is 13.0 Å². The van der Waals surface area contributed by atoms with Gasteiger partial charge in [-0.1, -0.05) is 48.0 Å². The number of nitrogens with zero attached hydrogens (tertiary/aromatic N) is 2. The number of nitrogens with one attached hydrogen (secondary N) is 1. The molecule has 0 aliphatic rings. The van der Waals surface area contributed by atoms with Crippen molar-refractivity contribution >= 4 is 28.5 Å². The Balaban J connectivity index is 1.66. The van der Waals surface area contributed by atoms with Crippen LogP contribution in [-0.2, 0) is 12.7 Å². The smallest absolute Gasteiger partial charge is 0.342 e. The van der Waals surface area contributed by atoms with Crippen molar-refractivity contribution in [1.82, 2.24) is 14.9 Å². The summed E-state index contributed by atoms with van der Waals surface area (Å²) in [5.41, 5.74) is 1.55. The van der Waals surface area contributed by atoms with Gasteiger partial charge in [0.15, 0.2) is 0 Å². The first-order chi connectivity index (χ1) is 15.2. The average Bonchev–Trinajstić information content (AvgIpc) is 3.13. The number of amides is 1.